The lowest BCUT2D eigenvalue weighted by atomic mass is 9.97. The number of ether oxygens (including phenoxy) is 1. The molecule has 1 fully saturated rings. The summed E-state index contributed by atoms with van der Waals surface area (Å²) in [6.45, 7) is 2.92. The Bertz CT molecular complexity index is 1660. The van der Waals surface area contributed by atoms with Crippen molar-refractivity contribution in [3.8, 4) is 11.1 Å². The van der Waals surface area contributed by atoms with Crippen molar-refractivity contribution in [2.75, 3.05) is 13.1 Å². The van der Waals surface area contributed by atoms with Crippen LogP contribution in [0.25, 0.3) is 21.9 Å². The van der Waals surface area contributed by atoms with Crippen LogP contribution in [0.3, 0.4) is 0 Å². The van der Waals surface area contributed by atoms with Gasteiger partial charge in [-0.3, -0.25) is 4.79 Å². The molecule has 3 heterocycles. The predicted octanol–water partition coefficient (Wildman–Crippen LogP) is 5.96. The van der Waals surface area contributed by atoms with Crippen LogP contribution in [0.5, 0.6) is 0 Å². The smallest absolute Gasteiger partial charge is 0.410 e. The van der Waals surface area contributed by atoms with Crippen molar-refractivity contribution in [2.45, 2.75) is 32.5 Å². The van der Waals surface area contributed by atoms with Gasteiger partial charge in [-0.1, -0.05) is 72.8 Å². The molecule has 1 aliphatic heterocycles. The van der Waals surface area contributed by atoms with Crippen LogP contribution in [0, 0.1) is 5.92 Å². The number of rotatable bonds is 7. The summed E-state index contributed by atoms with van der Waals surface area (Å²) in [5.41, 5.74) is 3.91. The van der Waals surface area contributed by atoms with Crippen molar-refractivity contribution < 1.29 is 9.53 Å². The zero-order chi connectivity index (χ0) is 27.3. The molecule has 1 aliphatic rings. The molecule has 7 nitrogen and oxygen atoms in total. The van der Waals surface area contributed by atoms with Gasteiger partial charge in [-0.2, -0.15) is 0 Å². The molecular weight excluding hydrogens is 500 g/mol. The second kappa shape index (κ2) is 11.6. The summed E-state index contributed by atoms with van der Waals surface area (Å²) in [5.74, 6) is 0.427. The van der Waals surface area contributed by atoms with Gasteiger partial charge in [-0.25, -0.2) is 9.78 Å². The number of piperidine rings is 1. The number of pyridine rings is 1. The van der Waals surface area contributed by atoms with Crippen LogP contribution in [-0.4, -0.2) is 38.2 Å². The van der Waals surface area contributed by atoms with Crippen molar-refractivity contribution in [1.29, 1.82) is 0 Å². The molecule has 0 N–H and O–H groups in total. The van der Waals surface area contributed by atoms with Crippen LogP contribution in [-0.2, 0) is 24.4 Å². The van der Waals surface area contributed by atoms with Crippen LogP contribution < -0.4 is 5.56 Å². The van der Waals surface area contributed by atoms with E-state index in [-0.39, 0.29) is 11.7 Å². The quantitative estimate of drug-likeness (QED) is 0.259. The van der Waals surface area contributed by atoms with Gasteiger partial charge < -0.3 is 18.8 Å². The molecule has 6 rings (SSSR count). The molecule has 202 valence electrons. The molecule has 1 saturated heterocycles. The Labute approximate surface area is 233 Å². The number of carbonyl (C=O) groups is 1. The van der Waals surface area contributed by atoms with Gasteiger partial charge >= 0.3 is 6.09 Å². The Hall–Kier alpha value is -4.65. The third kappa shape index (κ3) is 5.69. The van der Waals surface area contributed by atoms with E-state index in [1.807, 2.05) is 73.3 Å². The van der Waals surface area contributed by atoms with Crippen molar-refractivity contribution in [3.63, 3.8) is 0 Å². The molecule has 0 spiro atoms. The number of hydrogen-bond acceptors (Lipinski definition) is 4. The highest BCUT2D eigenvalue weighted by atomic mass is 16.6. The minimum absolute atomic E-state index is 0.0412. The highest BCUT2D eigenvalue weighted by Gasteiger charge is 2.24. The van der Waals surface area contributed by atoms with E-state index < -0.39 is 0 Å². The zero-order valence-corrected chi connectivity index (χ0v) is 22.4. The number of hydrogen-bond donors (Lipinski definition) is 0. The van der Waals surface area contributed by atoms with Crippen LogP contribution in [0.1, 0.15) is 24.1 Å². The van der Waals surface area contributed by atoms with Crippen LogP contribution >= 0.6 is 0 Å². The Morgan fingerprint density at radius 2 is 1.68 bits per heavy atom. The third-order valence-corrected chi connectivity index (χ3v) is 7.76. The summed E-state index contributed by atoms with van der Waals surface area (Å²) < 4.78 is 9.37. The molecule has 0 atom stereocenters. The van der Waals surface area contributed by atoms with Gasteiger partial charge in [-0.05, 0) is 52.3 Å². The Morgan fingerprint density at radius 3 is 2.50 bits per heavy atom. The van der Waals surface area contributed by atoms with E-state index in [1.165, 1.54) is 0 Å². The first-order chi connectivity index (χ1) is 19.6. The third-order valence-electron chi connectivity index (χ3n) is 7.76. The summed E-state index contributed by atoms with van der Waals surface area (Å²) in [6, 6.07) is 27.9. The normalized spacial score (nSPS) is 13.9. The Balaban J connectivity index is 1.07. The highest BCUT2D eigenvalue weighted by molar-refractivity contribution is 5.96. The van der Waals surface area contributed by atoms with Crippen molar-refractivity contribution in [1.82, 2.24) is 19.0 Å². The SMILES string of the molecule is O=C(OCc1ccccc1)N1CCC(Cn2cncc2Cn2ccc(-c3cccc4ccccc34)cc2=O)CC1. The topological polar surface area (TPSA) is 69.4 Å². The van der Waals surface area contributed by atoms with Gasteiger partial charge in [0.25, 0.3) is 5.56 Å². The summed E-state index contributed by atoms with van der Waals surface area (Å²) >= 11 is 0. The molecule has 2 aromatic heterocycles. The molecule has 0 bridgehead atoms. The van der Waals surface area contributed by atoms with E-state index in [0.29, 0.717) is 32.2 Å². The molecule has 0 aliphatic carbocycles. The molecule has 0 saturated carbocycles. The van der Waals surface area contributed by atoms with Gasteiger partial charge in [0.1, 0.15) is 6.61 Å². The number of likely N-dealkylation sites (tertiary alicyclic amines) is 1. The van der Waals surface area contributed by atoms with E-state index in [4.69, 9.17) is 4.74 Å². The maximum atomic E-state index is 13.1. The lowest BCUT2D eigenvalue weighted by Gasteiger charge is -2.31. The molecular formula is C33H32N4O3. The fourth-order valence-electron chi connectivity index (χ4n) is 5.49. The van der Waals surface area contributed by atoms with E-state index in [2.05, 4.69) is 33.8 Å². The maximum absolute atomic E-state index is 13.1. The minimum atomic E-state index is -0.253. The monoisotopic (exact) mass is 532 g/mol. The van der Waals surface area contributed by atoms with Gasteiger partial charge in [0, 0.05) is 38.1 Å². The number of carbonyl (C=O) groups excluding carboxylic acids is 1. The Kier molecular flexibility index (Phi) is 7.44. The van der Waals surface area contributed by atoms with Crippen LogP contribution in [0.4, 0.5) is 4.79 Å². The number of nitrogens with zero attached hydrogens (tertiary/aromatic N) is 4. The number of imidazole rings is 1. The molecule has 0 radical (unpaired) electrons. The number of aromatic nitrogens is 3. The Morgan fingerprint density at radius 1 is 0.900 bits per heavy atom. The van der Waals surface area contributed by atoms with E-state index in [1.54, 1.807) is 15.5 Å². The van der Waals surface area contributed by atoms with Crippen LogP contribution in [0.15, 0.2) is 108 Å². The molecule has 7 heteroatoms. The van der Waals surface area contributed by atoms with Gasteiger partial charge in [0.15, 0.2) is 0 Å². The lowest BCUT2D eigenvalue weighted by Crippen LogP contribution is -2.39. The summed E-state index contributed by atoms with van der Waals surface area (Å²) in [6.07, 6.45) is 7.09. The maximum Gasteiger partial charge on any atom is 0.410 e. The van der Waals surface area contributed by atoms with Crippen molar-refractivity contribution in [2.24, 2.45) is 5.92 Å². The molecule has 0 unspecified atom stereocenters. The fourth-order valence-corrected chi connectivity index (χ4v) is 5.49. The zero-order valence-electron chi connectivity index (χ0n) is 22.4. The predicted molar refractivity (Wildman–Crippen MR) is 156 cm³/mol. The van der Waals surface area contributed by atoms with E-state index in [0.717, 1.165) is 52.5 Å². The summed E-state index contributed by atoms with van der Waals surface area (Å²) in [5, 5.41) is 2.29. The standard InChI is InChI=1S/C33H32N4O3/c38-32-19-28(31-12-6-10-27-9-4-5-11-30(27)31)15-18-36(32)22-29-20-34-24-37(29)21-25-13-16-35(17-14-25)33(39)40-23-26-7-2-1-3-8-26/h1-12,15,18-20,24-25H,13-14,16-17,21-23H2. The first kappa shape index (κ1) is 25.6. The second-order valence-corrected chi connectivity index (χ2v) is 10.4. The summed E-state index contributed by atoms with van der Waals surface area (Å²) in [7, 11) is 0. The van der Waals surface area contributed by atoms with Gasteiger partial charge in [0.2, 0.25) is 0 Å². The minimum Gasteiger partial charge on any atom is -0.445 e. The second-order valence-electron chi connectivity index (χ2n) is 10.4. The van der Waals surface area contributed by atoms with Gasteiger partial charge in [-0.15, -0.1) is 0 Å². The molecule has 40 heavy (non-hydrogen) atoms. The van der Waals surface area contributed by atoms with E-state index >= 15 is 0 Å². The van der Waals surface area contributed by atoms with Crippen molar-refractivity contribution >= 4 is 16.9 Å². The largest absolute Gasteiger partial charge is 0.445 e. The highest BCUT2D eigenvalue weighted by Crippen LogP contribution is 2.27. The average molecular weight is 533 g/mol. The van der Waals surface area contributed by atoms with Gasteiger partial charge in [0.05, 0.1) is 18.6 Å². The lowest BCUT2D eigenvalue weighted by molar-refractivity contribution is 0.0806. The number of amides is 1. The van der Waals surface area contributed by atoms with Crippen LogP contribution in [0.2, 0.25) is 0 Å². The summed E-state index contributed by atoms with van der Waals surface area (Å²) in [4.78, 5) is 31.8. The first-order valence-electron chi connectivity index (χ1n) is 13.8. The fraction of sp³-hybridized carbons (Fsp3) is 0.242. The average Bonchev–Trinajstić information content (AvgIpc) is 3.43. The van der Waals surface area contributed by atoms with Crippen molar-refractivity contribution in [3.05, 3.63) is 125 Å². The molecule has 1 amide bonds. The first-order valence-corrected chi connectivity index (χ1v) is 13.8. The van der Waals surface area contributed by atoms with E-state index in [9.17, 15) is 9.59 Å². The number of benzene rings is 3. The number of fused-ring (bicyclic) bond motifs is 1. The molecule has 3 aromatic carbocycles. The molecule has 5 aromatic rings.